The summed E-state index contributed by atoms with van der Waals surface area (Å²) in [5.41, 5.74) is 5.85. The summed E-state index contributed by atoms with van der Waals surface area (Å²) in [4.78, 5) is 10.9. The van der Waals surface area contributed by atoms with Crippen LogP contribution >= 0.6 is 0 Å². The van der Waals surface area contributed by atoms with Crippen molar-refractivity contribution >= 4 is 17.6 Å². The maximum absolute atomic E-state index is 5.85. The average Bonchev–Trinajstić information content (AvgIpc) is 3.18. The maximum atomic E-state index is 5.85. The van der Waals surface area contributed by atoms with Crippen molar-refractivity contribution in [2.75, 3.05) is 22.5 Å². The molecule has 112 valence electrons. The van der Waals surface area contributed by atoms with Crippen molar-refractivity contribution in [1.82, 2.24) is 9.97 Å². The molecule has 6 nitrogen and oxygen atoms in total. The molecule has 0 atom stereocenters. The molecule has 0 unspecified atom stereocenters. The highest BCUT2D eigenvalue weighted by Crippen LogP contribution is 2.33. The molecule has 2 aromatic heterocycles. The third kappa shape index (κ3) is 3.45. The Morgan fingerprint density at radius 2 is 2.29 bits per heavy atom. The number of nitrogens with one attached hydrogen (secondary N) is 1. The Hall–Kier alpha value is -2.24. The summed E-state index contributed by atoms with van der Waals surface area (Å²) < 4.78 is 5.46. The number of aromatic nitrogens is 2. The Morgan fingerprint density at radius 3 is 2.95 bits per heavy atom. The van der Waals surface area contributed by atoms with Crippen LogP contribution in [0.25, 0.3) is 0 Å². The van der Waals surface area contributed by atoms with Gasteiger partial charge in [0.15, 0.2) is 0 Å². The fourth-order valence-corrected chi connectivity index (χ4v) is 2.30. The third-order valence-corrected chi connectivity index (χ3v) is 3.47. The van der Waals surface area contributed by atoms with Gasteiger partial charge < -0.3 is 20.4 Å². The van der Waals surface area contributed by atoms with E-state index in [2.05, 4.69) is 27.1 Å². The van der Waals surface area contributed by atoms with Crippen LogP contribution < -0.4 is 16.0 Å². The predicted molar refractivity (Wildman–Crippen MR) is 83.1 cm³/mol. The van der Waals surface area contributed by atoms with Crippen molar-refractivity contribution in [3.8, 4) is 0 Å². The molecular formula is C15H21N5O. The number of anilines is 3. The molecule has 21 heavy (non-hydrogen) atoms. The largest absolute Gasteiger partial charge is 0.467 e. The second kappa shape index (κ2) is 6.03. The molecule has 2 heterocycles. The summed E-state index contributed by atoms with van der Waals surface area (Å²) >= 11 is 0. The van der Waals surface area contributed by atoms with E-state index in [4.69, 9.17) is 10.2 Å². The fraction of sp³-hybridized carbons (Fsp3) is 0.467. The molecule has 1 saturated carbocycles. The van der Waals surface area contributed by atoms with Gasteiger partial charge >= 0.3 is 0 Å². The number of hydrogen-bond donors (Lipinski definition) is 2. The van der Waals surface area contributed by atoms with Crippen LogP contribution in [0.4, 0.5) is 17.6 Å². The quantitative estimate of drug-likeness (QED) is 0.815. The van der Waals surface area contributed by atoms with Crippen molar-refractivity contribution in [3.63, 3.8) is 0 Å². The number of furan rings is 1. The summed E-state index contributed by atoms with van der Waals surface area (Å²) in [7, 11) is 0. The van der Waals surface area contributed by atoms with E-state index < -0.39 is 0 Å². The first-order valence-electron chi connectivity index (χ1n) is 7.43. The fourth-order valence-electron chi connectivity index (χ4n) is 2.30. The lowest BCUT2D eigenvalue weighted by molar-refractivity contribution is 0.500. The van der Waals surface area contributed by atoms with E-state index in [0.29, 0.717) is 18.5 Å². The molecule has 3 N–H and O–H groups in total. The van der Waals surface area contributed by atoms with Gasteiger partial charge in [-0.05, 0) is 31.4 Å². The number of hydrogen-bond acceptors (Lipinski definition) is 6. The first-order chi connectivity index (χ1) is 10.3. The van der Waals surface area contributed by atoms with Gasteiger partial charge in [-0.15, -0.1) is 0 Å². The van der Waals surface area contributed by atoms with Crippen molar-refractivity contribution < 1.29 is 4.42 Å². The van der Waals surface area contributed by atoms with Crippen molar-refractivity contribution in [2.24, 2.45) is 0 Å². The molecule has 1 fully saturated rings. The minimum Gasteiger partial charge on any atom is -0.467 e. The van der Waals surface area contributed by atoms with Crippen LogP contribution in [-0.2, 0) is 6.54 Å². The lowest BCUT2D eigenvalue weighted by Gasteiger charge is -2.23. The molecule has 1 aliphatic carbocycles. The minimum absolute atomic E-state index is 0.302. The summed E-state index contributed by atoms with van der Waals surface area (Å²) in [6, 6.07) is 6.37. The van der Waals surface area contributed by atoms with Gasteiger partial charge in [0.25, 0.3) is 0 Å². The Morgan fingerprint density at radius 1 is 1.43 bits per heavy atom. The molecule has 0 aromatic carbocycles. The first-order valence-corrected chi connectivity index (χ1v) is 7.43. The Kier molecular flexibility index (Phi) is 3.94. The molecule has 2 aromatic rings. The minimum atomic E-state index is 0.302. The molecule has 0 bridgehead atoms. The summed E-state index contributed by atoms with van der Waals surface area (Å²) in [6.07, 6.45) is 5.10. The van der Waals surface area contributed by atoms with Gasteiger partial charge in [-0.3, -0.25) is 0 Å². The molecule has 3 rings (SSSR count). The van der Waals surface area contributed by atoms with Gasteiger partial charge in [0.05, 0.1) is 12.8 Å². The van der Waals surface area contributed by atoms with Crippen LogP contribution in [-0.4, -0.2) is 22.6 Å². The summed E-state index contributed by atoms with van der Waals surface area (Å²) in [5.74, 6) is 2.88. The highest BCUT2D eigenvalue weighted by atomic mass is 16.3. The Labute approximate surface area is 124 Å². The van der Waals surface area contributed by atoms with E-state index in [9.17, 15) is 0 Å². The lowest BCUT2D eigenvalue weighted by Crippen LogP contribution is -2.26. The highest BCUT2D eigenvalue weighted by molar-refractivity contribution is 5.54. The van der Waals surface area contributed by atoms with Crippen LogP contribution in [0.3, 0.4) is 0 Å². The van der Waals surface area contributed by atoms with Gasteiger partial charge in [0, 0.05) is 18.7 Å². The van der Waals surface area contributed by atoms with Crippen LogP contribution in [0.1, 0.15) is 31.9 Å². The average molecular weight is 287 g/mol. The highest BCUT2D eigenvalue weighted by Gasteiger charge is 2.31. The molecule has 0 amide bonds. The second-order valence-electron chi connectivity index (χ2n) is 5.33. The number of rotatable bonds is 7. The van der Waals surface area contributed by atoms with E-state index in [1.165, 1.54) is 12.8 Å². The smallest absolute Gasteiger partial charge is 0.223 e. The number of nitrogens with zero attached hydrogens (tertiary/aromatic N) is 3. The van der Waals surface area contributed by atoms with Gasteiger partial charge in [-0.2, -0.15) is 9.97 Å². The normalized spacial score (nSPS) is 14.1. The molecule has 6 heteroatoms. The zero-order valence-corrected chi connectivity index (χ0v) is 12.2. The Bertz CT molecular complexity index is 580. The topological polar surface area (TPSA) is 80.2 Å². The van der Waals surface area contributed by atoms with Gasteiger partial charge in [0.1, 0.15) is 17.4 Å². The predicted octanol–water partition coefficient (Wildman–Crippen LogP) is 2.64. The number of nitrogens with two attached hydrogens (primary N) is 1. The molecular weight excluding hydrogens is 266 g/mol. The standard InChI is InChI=1S/C15H21N5O/c1-2-7-17-13-9-14(19-15(16)18-13)20(11-5-6-11)10-12-4-3-8-21-12/h3-4,8-9,11H,2,5-7,10H2,1H3,(H3,16,17,18,19). The van der Waals surface area contributed by atoms with Gasteiger partial charge in [-0.1, -0.05) is 6.92 Å². The van der Waals surface area contributed by atoms with Gasteiger partial charge in [-0.25, -0.2) is 0 Å². The zero-order chi connectivity index (χ0) is 14.7. The Balaban J connectivity index is 1.82. The van der Waals surface area contributed by atoms with Crippen LogP contribution in [0.5, 0.6) is 0 Å². The molecule has 0 saturated heterocycles. The summed E-state index contributed by atoms with van der Waals surface area (Å²) in [5, 5.41) is 3.27. The van der Waals surface area contributed by atoms with E-state index >= 15 is 0 Å². The monoisotopic (exact) mass is 287 g/mol. The molecule has 0 spiro atoms. The van der Waals surface area contributed by atoms with Crippen molar-refractivity contribution in [2.45, 2.75) is 38.8 Å². The number of nitrogen functional groups attached to an aromatic ring is 1. The van der Waals surface area contributed by atoms with Gasteiger partial charge in [0.2, 0.25) is 5.95 Å². The summed E-state index contributed by atoms with van der Waals surface area (Å²) in [6.45, 7) is 3.70. The van der Waals surface area contributed by atoms with Crippen molar-refractivity contribution in [1.29, 1.82) is 0 Å². The zero-order valence-electron chi connectivity index (χ0n) is 12.2. The lowest BCUT2D eigenvalue weighted by atomic mass is 10.3. The van der Waals surface area contributed by atoms with E-state index in [-0.39, 0.29) is 0 Å². The molecule has 0 aliphatic heterocycles. The SMILES string of the molecule is CCCNc1cc(N(Cc2ccco2)C2CC2)nc(N)n1. The first kappa shape index (κ1) is 13.7. The second-order valence-corrected chi connectivity index (χ2v) is 5.33. The molecule has 0 radical (unpaired) electrons. The maximum Gasteiger partial charge on any atom is 0.223 e. The third-order valence-electron chi connectivity index (χ3n) is 3.47. The van der Waals surface area contributed by atoms with E-state index in [1.54, 1.807) is 6.26 Å². The van der Waals surface area contributed by atoms with E-state index in [0.717, 1.165) is 30.4 Å². The van der Waals surface area contributed by atoms with Crippen LogP contribution in [0, 0.1) is 0 Å². The van der Waals surface area contributed by atoms with E-state index in [1.807, 2.05) is 18.2 Å². The van der Waals surface area contributed by atoms with Crippen molar-refractivity contribution in [3.05, 3.63) is 30.2 Å². The van der Waals surface area contributed by atoms with Crippen LogP contribution in [0.15, 0.2) is 28.9 Å². The van der Waals surface area contributed by atoms with Crippen LogP contribution in [0.2, 0.25) is 0 Å². The molecule has 1 aliphatic rings.